The molecule has 1 aromatic carbocycles. The third kappa shape index (κ3) is 6.34. The van der Waals surface area contributed by atoms with Gasteiger partial charge < -0.3 is 0 Å². The minimum atomic E-state index is 0.938. The zero-order valence-electron chi connectivity index (χ0n) is 16.2. The van der Waals surface area contributed by atoms with Gasteiger partial charge in [0.1, 0.15) is 0 Å². The number of allylic oxidation sites excluding steroid dienone is 3. The monoisotopic (exact) mass is 336 g/mol. The van der Waals surface area contributed by atoms with Crippen LogP contribution in [0.3, 0.4) is 0 Å². The van der Waals surface area contributed by atoms with Gasteiger partial charge in [-0.1, -0.05) is 101 Å². The second-order valence-electron chi connectivity index (χ2n) is 7.83. The van der Waals surface area contributed by atoms with Crippen molar-refractivity contribution < 1.29 is 0 Å². The van der Waals surface area contributed by atoms with Gasteiger partial charge in [-0.3, -0.25) is 0 Å². The summed E-state index contributed by atoms with van der Waals surface area (Å²) in [5.41, 5.74) is 4.79. The van der Waals surface area contributed by atoms with Gasteiger partial charge in [-0.05, 0) is 54.2 Å². The molecule has 136 valence electrons. The molecular formula is C25H36. The van der Waals surface area contributed by atoms with E-state index in [0.717, 1.165) is 35.8 Å². The van der Waals surface area contributed by atoms with Crippen LogP contribution in [0, 0.1) is 11.8 Å². The van der Waals surface area contributed by atoms with Crippen molar-refractivity contribution in [3.63, 3.8) is 0 Å². The van der Waals surface area contributed by atoms with Crippen LogP contribution in [-0.4, -0.2) is 0 Å². The molecule has 1 saturated carbocycles. The summed E-state index contributed by atoms with van der Waals surface area (Å²) < 4.78 is 0. The molecule has 1 aliphatic rings. The first kappa shape index (κ1) is 19.8. The van der Waals surface area contributed by atoms with E-state index in [1.807, 2.05) is 6.07 Å². The molecule has 0 aliphatic heterocycles. The first-order valence-electron chi connectivity index (χ1n) is 10.2. The first-order valence-corrected chi connectivity index (χ1v) is 10.2. The summed E-state index contributed by atoms with van der Waals surface area (Å²) in [6.07, 6.45) is 13.1. The van der Waals surface area contributed by atoms with E-state index in [-0.39, 0.29) is 0 Å². The Balaban J connectivity index is 1.73. The summed E-state index contributed by atoms with van der Waals surface area (Å²) in [6.45, 7) is 15.1. The van der Waals surface area contributed by atoms with Gasteiger partial charge in [-0.15, -0.1) is 0 Å². The Kier molecular flexibility index (Phi) is 8.25. The Bertz CT molecular complexity index is 561. The smallest absolute Gasteiger partial charge is 0.0187 e. The molecule has 2 unspecified atom stereocenters. The van der Waals surface area contributed by atoms with Crippen molar-refractivity contribution in [1.29, 1.82) is 0 Å². The predicted molar refractivity (Wildman–Crippen MR) is 113 cm³/mol. The minimum absolute atomic E-state index is 0.938. The molecule has 0 saturated heterocycles. The van der Waals surface area contributed by atoms with Gasteiger partial charge in [0.2, 0.25) is 0 Å². The molecule has 25 heavy (non-hydrogen) atoms. The van der Waals surface area contributed by atoms with Crippen LogP contribution < -0.4 is 0 Å². The zero-order valence-corrected chi connectivity index (χ0v) is 16.2. The van der Waals surface area contributed by atoms with Crippen LogP contribution in [0.5, 0.6) is 0 Å². The van der Waals surface area contributed by atoms with Crippen molar-refractivity contribution in [2.75, 3.05) is 0 Å². The predicted octanol–water partition coefficient (Wildman–Crippen LogP) is 7.98. The fraction of sp³-hybridized carbons (Fsp3) is 0.520. The Morgan fingerprint density at radius 1 is 0.880 bits per heavy atom. The highest BCUT2D eigenvalue weighted by molar-refractivity contribution is 5.76. The van der Waals surface area contributed by atoms with Crippen LogP contribution in [0.25, 0.3) is 5.57 Å². The third-order valence-electron chi connectivity index (χ3n) is 5.92. The summed E-state index contributed by atoms with van der Waals surface area (Å²) >= 11 is 0. The van der Waals surface area contributed by atoms with Crippen LogP contribution in [0.4, 0.5) is 0 Å². The van der Waals surface area contributed by atoms with Crippen molar-refractivity contribution in [3.8, 4) is 0 Å². The van der Waals surface area contributed by atoms with Crippen LogP contribution in [0.2, 0.25) is 0 Å². The quantitative estimate of drug-likeness (QED) is 0.300. The Morgan fingerprint density at radius 3 is 2.16 bits per heavy atom. The minimum Gasteiger partial charge on any atom is -0.0999 e. The SMILES string of the molecule is C=C(CCC(=C)C(=C)c1ccccc1)CCC1CCCCC1CCC. The highest BCUT2D eigenvalue weighted by Crippen LogP contribution is 2.37. The summed E-state index contributed by atoms with van der Waals surface area (Å²) in [5.74, 6) is 1.91. The van der Waals surface area contributed by atoms with Crippen LogP contribution in [0.15, 0.2) is 61.2 Å². The van der Waals surface area contributed by atoms with Crippen molar-refractivity contribution in [2.45, 2.75) is 71.1 Å². The maximum atomic E-state index is 4.34. The molecule has 1 aliphatic carbocycles. The Labute approximate surface area is 155 Å². The molecule has 0 spiro atoms. The highest BCUT2D eigenvalue weighted by atomic mass is 14.3. The van der Waals surface area contributed by atoms with Gasteiger partial charge in [0, 0.05) is 0 Å². The normalized spacial score (nSPS) is 20.2. The lowest BCUT2D eigenvalue weighted by atomic mass is 9.74. The van der Waals surface area contributed by atoms with Gasteiger partial charge in [0.05, 0.1) is 0 Å². The van der Waals surface area contributed by atoms with E-state index in [9.17, 15) is 0 Å². The number of benzene rings is 1. The van der Waals surface area contributed by atoms with Gasteiger partial charge in [-0.25, -0.2) is 0 Å². The van der Waals surface area contributed by atoms with Crippen molar-refractivity contribution in [3.05, 3.63) is 66.8 Å². The van der Waals surface area contributed by atoms with E-state index in [1.165, 1.54) is 62.5 Å². The van der Waals surface area contributed by atoms with Crippen LogP contribution >= 0.6 is 0 Å². The van der Waals surface area contributed by atoms with E-state index >= 15 is 0 Å². The number of rotatable bonds is 10. The van der Waals surface area contributed by atoms with E-state index in [0.29, 0.717) is 0 Å². The molecule has 0 aromatic heterocycles. The van der Waals surface area contributed by atoms with Crippen LogP contribution in [0.1, 0.15) is 76.7 Å². The van der Waals surface area contributed by atoms with Crippen molar-refractivity contribution in [1.82, 2.24) is 0 Å². The first-order chi connectivity index (χ1) is 12.1. The molecule has 0 radical (unpaired) electrons. The Morgan fingerprint density at radius 2 is 1.52 bits per heavy atom. The maximum Gasteiger partial charge on any atom is -0.0187 e. The lowest BCUT2D eigenvalue weighted by Crippen LogP contribution is -2.19. The molecule has 2 atom stereocenters. The fourth-order valence-corrected chi connectivity index (χ4v) is 4.25. The summed E-state index contributed by atoms with van der Waals surface area (Å²) in [7, 11) is 0. The average Bonchev–Trinajstić information content (AvgIpc) is 2.65. The lowest BCUT2D eigenvalue weighted by Gasteiger charge is -2.31. The summed E-state index contributed by atoms with van der Waals surface area (Å²) in [4.78, 5) is 0. The second-order valence-corrected chi connectivity index (χ2v) is 7.83. The molecule has 2 rings (SSSR count). The van der Waals surface area contributed by atoms with Crippen molar-refractivity contribution >= 4 is 5.57 Å². The van der Waals surface area contributed by atoms with Gasteiger partial charge in [0.15, 0.2) is 0 Å². The van der Waals surface area contributed by atoms with Gasteiger partial charge in [0.25, 0.3) is 0 Å². The average molecular weight is 337 g/mol. The summed E-state index contributed by atoms with van der Waals surface area (Å²) in [6, 6.07) is 10.4. The van der Waals surface area contributed by atoms with Gasteiger partial charge >= 0.3 is 0 Å². The highest BCUT2D eigenvalue weighted by Gasteiger charge is 2.23. The van der Waals surface area contributed by atoms with Crippen LogP contribution in [-0.2, 0) is 0 Å². The van der Waals surface area contributed by atoms with Gasteiger partial charge in [-0.2, -0.15) is 0 Å². The molecular weight excluding hydrogens is 300 g/mol. The zero-order chi connectivity index (χ0) is 18.1. The molecule has 0 amide bonds. The fourth-order valence-electron chi connectivity index (χ4n) is 4.25. The lowest BCUT2D eigenvalue weighted by molar-refractivity contribution is 0.210. The molecule has 1 fully saturated rings. The second kappa shape index (κ2) is 10.4. The molecule has 0 N–H and O–H groups in total. The largest absolute Gasteiger partial charge is 0.0999 e. The maximum absolute atomic E-state index is 4.34. The molecule has 0 bridgehead atoms. The standard InChI is InChI=1S/C25H36/c1-5-11-24-14-9-10-15-25(24)19-17-20(2)16-18-21(3)22(4)23-12-7-6-8-13-23/h6-8,12-13,24-25H,2-5,9-11,14-19H2,1H3. The van der Waals surface area contributed by atoms with E-state index < -0.39 is 0 Å². The molecule has 0 heteroatoms. The molecule has 0 nitrogen and oxygen atoms in total. The molecule has 1 aromatic rings. The third-order valence-corrected chi connectivity index (χ3v) is 5.92. The summed E-state index contributed by atoms with van der Waals surface area (Å²) in [5, 5.41) is 0. The van der Waals surface area contributed by atoms with E-state index in [2.05, 4.69) is 50.9 Å². The van der Waals surface area contributed by atoms with E-state index in [4.69, 9.17) is 0 Å². The van der Waals surface area contributed by atoms with E-state index in [1.54, 1.807) is 0 Å². The topological polar surface area (TPSA) is 0 Å². The number of hydrogen-bond donors (Lipinski definition) is 0. The van der Waals surface area contributed by atoms with Crippen molar-refractivity contribution in [2.24, 2.45) is 11.8 Å². The number of hydrogen-bond acceptors (Lipinski definition) is 0. The molecule has 0 heterocycles. The Hall–Kier alpha value is -1.56.